The van der Waals surface area contributed by atoms with Gasteiger partial charge < -0.3 is 5.32 Å². The maximum Gasteiger partial charge on any atom is 0.256 e. The number of hydrogen-bond acceptors (Lipinski definition) is 6. The molecule has 0 bridgehead atoms. The fourth-order valence-electron chi connectivity index (χ4n) is 3.89. The van der Waals surface area contributed by atoms with Crippen LogP contribution in [0.2, 0.25) is 0 Å². The number of imidazole rings is 1. The van der Waals surface area contributed by atoms with Crippen molar-refractivity contribution in [3.05, 3.63) is 47.0 Å². The molecule has 10 nitrogen and oxygen atoms in total. The lowest BCUT2D eigenvalue weighted by atomic mass is 10.0. The van der Waals surface area contributed by atoms with Gasteiger partial charge in [0, 0.05) is 48.8 Å². The predicted octanol–water partition coefficient (Wildman–Crippen LogP) is 1.54. The smallest absolute Gasteiger partial charge is 0.256 e. The Hall–Kier alpha value is -3.27. The van der Waals surface area contributed by atoms with Gasteiger partial charge in [0.1, 0.15) is 12.9 Å². The molecule has 0 spiro atoms. The maximum absolute atomic E-state index is 12.8. The Morgan fingerprint density at radius 2 is 2.19 bits per heavy atom. The molecule has 1 aliphatic rings. The largest absolute Gasteiger partial charge is 0.353 e. The van der Waals surface area contributed by atoms with Crippen molar-refractivity contribution in [1.82, 2.24) is 39.5 Å². The molecular weight excluding hydrogens is 408 g/mol. The van der Waals surface area contributed by atoms with Gasteiger partial charge >= 0.3 is 0 Å². The summed E-state index contributed by atoms with van der Waals surface area (Å²) in [4.78, 5) is 39.1. The van der Waals surface area contributed by atoms with Gasteiger partial charge in [0.2, 0.25) is 11.9 Å². The number of nitrogens with zero attached hydrogens (tertiary/aromatic N) is 6. The van der Waals surface area contributed by atoms with Crippen LogP contribution in [-0.4, -0.2) is 65.8 Å². The van der Waals surface area contributed by atoms with Crippen LogP contribution in [0.1, 0.15) is 45.1 Å². The van der Waals surface area contributed by atoms with E-state index in [4.69, 9.17) is 0 Å². The fraction of sp³-hybridized carbons (Fsp3) is 0.500. The zero-order chi connectivity index (χ0) is 22.7. The number of aromatic amines is 1. The first kappa shape index (κ1) is 21.9. The maximum atomic E-state index is 12.8. The molecule has 10 heteroatoms. The van der Waals surface area contributed by atoms with E-state index in [1.54, 1.807) is 40.4 Å². The summed E-state index contributed by atoms with van der Waals surface area (Å²) in [5, 5.41) is 7.30. The van der Waals surface area contributed by atoms with E-state index >= 15 is 0 Å². The van der Waals surface area contributed by atoms with Crippen molar-refractivity contribution in [3.63, 3.8) is 0 Å². The van der Waals surface area contributed by atoms with Crippen molar-refractivity contribution in [3.8, 4) is 17.2 Å². The van der Waals surface area contributed by atoms with Crippen LogP contribution in [-0.2, 0) is 11.3 Å². The topological polar surface area (TPSA) is 114 Å². The van der Waals surface area contributed by atoms with Crippen molar-refractivity contribution in [1.29, 1.82) is 0 Å². The number of carbonyl (C=O) groups excluding carboxylic acids is 1. The van der Waals surface area contributed by atoms with Crippen LogP contribution in [0.3, 0.4) is 0 Å². The van der Waals surface area contributed by atoms with Gasteiger partial charge in [-0.2, -0.15) is 5.10 Å². The van der Waals surface area contributed by atoms with E-state index in [2.05, 4.69) is 37.2 Å². The highest BCUT2D eigenvalue weighted by Gasteiger charge is 2.27. The van der Waals surface area contributed by atoms with Crippen molar-refractivity contribution < 1.29 is 4.79 Å². The molecule has 0 saturated heterocycles. The number of carbonyl (C=O) groups is 1. The first-order valence-corrected chi connectivity index (χ1v) is 11.1. The molecule has 4 rings (SSSR count). The summed E-state index contributed by atoms with van der Waals surface area (Å²) in [5.74, 6) is 0.264. The second-order valence-electron chi connectivity index (χ2n) is 8.41. The van der Waals surface area contributed by atoms with Gasteiger partial charge in [-0.25, -0.2) is 9.97 Å². The lowest BCUT2D eigenvalue weighted by Gasteiger charge is -2.19. The third-order valence-electron chi connectivity index (χ3n) is 5.67. The van der Waals surface area contributed by atoms with Crippen molar-refractivity contribution in [2.75, 3.05) is 19.6 Å². The lowest BCUT2D eigenvalue weighted by molar-refractivity contribution is -0.121. The highest BCUT2D eigenvalue weighted by molar-refractivity contribution is 5.75. The highest BCUT2D eigenvalue weighted by Crippen LogP contribution is 2.26. The molecule has 0 aromatic carbocycles. The molecule has 3 aromatic heterocycles. The summed E-state index contributed by atoms with van der Waals surface area (Å²) >= 11 is 0. The normalized spacial score (nSPS) is 13.8. The Bertz CT molecular complexity index is 1110. The van der Waals surface area contributed by atoms with E-state index in [0.717, 1.165) is 13.1 Å². The number of rotatable bonds is 10. The molecule has 1 saturated carbocycles. The van der Waals surface area contributed by atoms with Gasteiger partial charge in [-0.05, 0) is 25.3 Å². The number of nitrogens with one attached hydrogen (secondary N) is 2. The molecule has 2 N–H and O–H groups in total. The van der Waals surface area contributed by atoms with Gasteiger partial charge in [0.15, 0.2) is 0 Å². The molecule has 1 fully saturated rings. The molecule has 0 unspecified atom stereocenters. The van der Waals surface area contributed by atoms with Crippen LogP contribution in [0.15, 0.2) is 35.9 Å². The molecule has 0 radical (unpaired) electrons. The number of amides is 1. The molecule has 32 heavy (non-hydrogen) atoms. The predicted molar refractivity (Wildman–Crippen MR) is 121 cm³/mol. The van der Waals surface area contributed by atoms with Crippen molar-refractivity contribution in [2.45, 2.75) is 52.1 Å². The Kier molecular flexibility index (Phi) is 6.50. The minimum atomic E-state index is -0.199. The van der Waals surface area contributed by atoms with Gasteiger partial charge in [0.05, 0.1) is 11.9 Å². The van der Waals surface area contributed by atoms with Gasteiger partial charge in [-0.3, -0.25) is 28.7 Å². The highest BCUT2D eigenvalue weighted by atomic mass is 16.2. The van der Waals surface area contributed by atoms with Crippen LogP contribution < -0.4 is 10.9 Å². The minimum Gasteiger partial charge on any atom is -0.353 e. The van der Waals surface area contributed by atoms with E-state index < -0.39 is 0 Å². The van der Waals surface area contributed by atoms with Crippen LogP contribution in [0.5, 0.6) is 0 Å². The molecule has 1 amide bonds. The third kappa shape index (κ3) is 4.96. The van der Waals surface area contributed by atoms with Gasteiger partial charge in [0.25, 0.3) is 5.56 Å². The quantitative estimate of drug-likeness (QED) is 0.496. The zero-order valence-electron chi connectivity index (χ0n) is 18.8. The number of H-pyrrole nitrogens is 1. The average Bonchev–Trinajstić information content (AvgIpc) is 3.24. The van der Waals surface area contributed by atoms with Gasteiger partial charge in [-0.15, -0.1) is 0 Å². The molecule has 0 atom stereocenters. The molecule has 0 aliphatic heterocycles. The van der Waals surface area contributed by atoms with E-state index in [1.165, 1.54) is 12.8 Å². The average molecular weight is 439 g/mol. The second-order valence-corrected chi connectivity index (χ2v) is 8.41. The standard InChI is InChI=1S/C22H30N8O2/c1-4-28(17-5-6-17)10-8-24-18(31)13-30-12-16(11-25-30)20-19(15(2)3)21(32)27-22(26-20)29-9-7-23-14-29/h7,9,11-12,14-15,17H,4-6,8,10,13H2,1-3H3,(H,24,31)(H,26,27,32). The van der Waals surface area contributed by atoms with E-state index in [1.807, 2.05) is 13.8 Å². The Balaban J connectivity index is 1.47. The summed E-state index contributed by atoms with van der Waals surface area (Å²) < 4.78 is 3.22. The Morgan fingerprint density at radius 3 is 2.84 bits per heavy atom. The van der Waals surface area contributed by atoms with E-state index in [-0.39, 0.29) is 23.9 Å². The summed E-state index contributed by atoms with van der Waals surface area (Å²) in [6.45, 7) is 8.66. The van der Waals surface area contributed by atoms with E-state index in [9.17, 15) is 9.59 Å². The summed E-state index contributed by atoms with van der Waals surface area (Å²) in [6.07, 6.45) is 10.8. The number of hydrogen-bond donors (Lipinski definition) is 2. The third-order valence-corrected chi connectivity index (χ3v) is 5.67. The van der Waals surface area contributed by atoms with Crippen LogP contribution in [0.25, 0.3) is 17.2 Å². The summed E-state index contributed by atoms with van der Waals surface area (Å²) in [5.41, 5.74) is 1.63. The summed E-state index contributed by atoms with van der Waals surface area (Å²) in [7, 11) is 0. The minimum absolute atomic E-state index is 0.0299. The molecule has 1 aliphatic carbocycles. The second kappa shape index (κ2) is 9.47. The molecule has 170 valence electrons. The zero-order valence-corrected chi connectivity index (χ0v) is 18.8. The summed E-state index contributed by atoms with van der Waals surface area (Å²) in [6, 6.07) is 0.689. The molecular formula is C22H30N8O2. The first-order valence-electron chi connectivity index (χ1n) is 11.1. The van der Waals surface area contributed by atoms with Crippen molar-refractivity contribution >= 4 is 5.91 Å². The number of likely N-dealkylation sites (N-methyl/N-ethyl adjacent to an activating group) is 1. The SMILES string of the molecule is CCN(CCNC(=O)Cn1cc(-c2nc(-n3ccnc3)[nH]c(=O)c2C(C)C)cn1)C1CC1. The number of aromatic nitrogens is 6. The Morgan fingerprint density at radius 1 is 1.38 bits per heavy atom. The molecule has 3 aromatic rings. The lowest BCUT2D eigenvalue weighted by Crippen LogP contribution is -2.37. The monoisotopic (exact) mass is 438 g/mol. The first-order chi connectivity index (χ1) is 15.5. The Labute approximate surface area is 186 Å². The van der Waals surface area contributed by atoms with Crippen molar-refractivity contribution in [2.24, 2.45) is 0 Å². The van der Waals surface area contributed by atoms with Gasteiger partial charge in [-0.1, -0.05) is 20.8 Å². The van der Waals surface area contributed by atoms with E-state index in [0.29, 0.717) is 35.4 Å². The van der Waals surface area contributed by atoms with Crippen LogP contribution >= 0.6 is 0 Å². The molecule has 3 heterocycles. The van der Waals surface area contributed by atoms with Crippen LogP contribution in [0.4, 0.5) is 0 Å². The van der Waals surface area contributed by atoms with Crippen LogP contribution in [0, 0.1) is 0 Å². The fourth-order valence-corrected chi connectivity index (χ4v) is 3.89.